The normalized spacial score (nSPS) is 16.5. The largest absolute Gasteiger partial charge is 0.378 e. The van der Waals surface area contributed by atoms with E-state index in [0.717, 1.165) is 49.2 Å². The predicted molar refractivity (Wildman–Crippen MR) is 106 cm³/mol. The number of morpholine rings is 1. The number of aromatic nitrogens is 2. The van der Waals surface area contributed by atoms with Crippen LogP contribution in [0.5, 0.6) is 0 Å². The highest BCUT2D eigenvalue weighted by Gasteiger charge is 2.30. The third-order valence-corrected chi connectivity index (χ3v) is 5.47. The Balaban J connectivity index is 1.64. The molecule has 0 spiro atoms. The quantitative estimate of drug-likeness (QED) is 0.882. The molecule has 0 bridgehead atoms. The first kappa shape index (κ1) is 18.7. The van der Waals surface area contributed by atoms with Crippen LogP contribution < -0.4 is 5.32 Å². The highest BCUT2D eigenvalue weighted by atomic mass is 16.5. The van der Waals surface area contributed by atoms with Crippen LogP contribution in [0, 0.1) is 0 Å². The number of nitrogens with zero attached hydrogens (tertiary/aromatic N) is 3. The van der Waals surface area contributed by atoms with Crippen molar-refractivity contribution in [1.82, 2.24) is 14.5 Å². The van der Waals surface area contributed by atoms with Crippen LogP contribution >= 0.6 is 0 Å². The zero-order chi connectivity index (χ0) is 19.5. The summed E-state index contributed by atoms with van der Waals surface area (Å²) >= 11 is 0. The molecule has 0 atom stereocenters. The average Bonchev–Trinajstić information content (AvgIpc) is 3.14. The number of hydrogen-bond acceptors (Lipinski definition) is 4. The monoisotopic (exact) mass is 382 g/mol. The zero-order valence-electron chi connectivity index (χ0n) is 16.2. The summed E-state index contributed by atoms with van der Waals surface area (Å²) in [5.74, 6) is -0.0238. The highest BCUT2D eigenvalue weighted by Crippen LogP contribution is 2.24. The second-order valence-electron chi connectivity index (χ2n) is 7.21. The lowest BCUT2D eigenvalue weighted by Crippen LogP contribution is -2.41. The fraction of sp³-hybridized carbons (Fsp3) is 0.476. The van der Waals surface area contributed by atoms with Gasteiger partial charge in [-0.3, -0.25) is 9.59 Å². The summed E-state index contributed by atoms with van der Waals surface area (Å²) < 4.78 is 7.28. The number of nitrogens with one attached hydrogen (secondary N) is 1. The van der Waals surface area contributed by atoms with Crippen LogP contribution in [0.1, 0.15) is 52.1 Å². The third-order valence-electron chi connectivity index (χ3n) is 5.47. The first-order valence-corrected chi connectivity index (χ1v) is 10.0. The summed E-state index contributed by atoms with van der Waals surface area (Å²) in [6, 6.07) is 7.77. The number of fused-ring (bicyclic) bond motifs is 1. The Bertz CT molecular complexity index is 884. The minimum Gasteiger partial charge on any atom is -0.378 e. The topological polar surface area (TPSA) is 76.5 Å². The molecule has 1 N–H and O–H groups in total. The van der Waals surface area contributed by atoms with Crippen LogP contribution in [0.25, 0.3) is 0 Å². The minimum atomic E-state index is -0.259. The van der Waals surface area contributed by atoms with E-state index in [1.54, 1.807) is 4.90 Å². The molecule has 0 radical (unpaired) electrons. The molecule has 1 aromatic carbocycles. The van der Waals surface area contributed by atoms with Crippen LogP contribution in [0.3, 0.4) is 0 Å². The molecule has 28 heavy (non-hydrogen) atoms. The Morgan fingerprint density at radius 3 is 2.71 bits per heavy atom. The van der Waals surface area contributed by atoms with Crippen LogP contribution in [0.2, 0.25) is 0 Å². The Morgan fingerprint density at radius 1 is 1.14 bits per heavy atom. The van der Waals surface area contributed by atoms with Gasteiger partial charge in [0.1, 0.15) is 5.69 Å². The molecule has 3 heterocycles. The predicted octanol–water partition coefficient (Wildman–Crippen LogP) is 2.51. The second-order valence-corrected chi connectivity index (χ2v) is 7.21. The minimum absolute atomic E-state index is 0.0954. The Labute approximate surface area is 164 Å². The molecule has 4 rings (SSSR count). The molecule has 7 heteroatoms. The maximum absolute atomic E-state index is 13.0. The van der Waals surface area contributed by atoms with Gasteiger partial charge in [-0.2, -0.15) is 0 Å². The van der Waals surface area contributed by atoms with Crippen molar-refractivity contribution in [3.05, 3.63) is 47.0 Å². The first-order chi connectivity index (χ1) is 13.7. The summed E-state index contributed by atoms with van der Waals surface area (Å²) in [7, 11) is 0. The number of hydrogen-bond donors (Lipinski definition) is 1. The van der Waals surface area contributed by atoms with Crippen molar-refractivity contribution in [2.45, 2.75) is 39.2 Å². The number of carbonyl (C=O) groups is 2. The summed E-state index contributed by atoms with van der Waals surface area (Å²) in [6.07, 6.45) is 3.60. The van der Waals surface area contributed by atoms with E-state index in [0.29, 0.717) is 37.8 Å². The summed E-state index contributed by atoms with van der Waals surface area (Å²) in [6.45, 7) is 5.00. The van der Waals surface area contributed by atoms with Gasteiger partial charge in [0.15, 0.2) is 5.82 Å². The molecule has 1 fully saturated rings. The molecule has 2 aliphatic heterocycles. The zero-order valence-corrected chi connectivity index (χ0v) is 16.2. The SMILES string of the molecule is CCc1ccccc1NC(=O)c1nc(C(=O)N2CCOCC2)c2n1CCCC2. The van der Waals surface area contributed by atoms with E-state index in [1.807, 2.05) is 28.8 Å². The van der Waals surface area contributed by atoms with Crippen molar-refractivity contribution in [1.29, 1.82) is 0 Å². The van der Waals surface area contributed by atoms with Gasteiger partial charge in [-0.05, 0) is 37.3 Å². The molecule has 2 aromatic rings. The number of aryl methyl sites for hydroxylation is 1. The van der Waals surface area contributed by atoms with Crippen LogP contribution in [-0.2, 0) is 24.1 Å². The lowest BCUT2D eigenvalue weighted by molar-refractivity contribution is 0.0298. The molecule has 0 aliphatic carbocycles. The van der Waals surface area contributed by atoms with Gasteiger partial charge in [0.25, 0.3) is 11.8 Å². The van der Waals surface area contributed by atoms with Gasteiger partial charge >= 0.3 is 0 Å². The van der Waals surface area contributed by atoms with E-state index < -0.39 is 0 Å². The number of anilines is 1. The molecule has 1 saturated heterocycles. The van der Waals surface area contributed by atoms with Crippen LogP contribution in [0.4, 0.5) is 5.69 Å². The van der Waals surface area contributed by atoms with Crippen molar-refractivity contribution in [2.24, 2.45) is 0 Å². The standard InChI is InChI=1S/C21H26N4O3/c1-2-15-7-3-4-8-16(15)22-20(26)19-23-18(17-9-5-6-10-25(17)19)21(27)24-11-13-28-14-12-24/h3-4,7-8H,2,5-6,9-14H2,1H3,(H,22,26). The van der Waals surface area contributed by atoms with Crippen molar-refractivity contribution < 1.29 is 14.3 Å². The van der Waals surface area contributed by atoms with E-state index in [4.69, 9.17) is 4.74 Å². The van der Waals surface area contributed by atoms with Crippen molar-refractivity contribution in [3.63, 3.8) is 0 Å². The smallest absolute Gasteiger partial charge is 0.291 e. The van der Waals surface area contributed by atoms with Gasteiger partial charge in [0, 0.05) is 25.3 Å². The Hall–Kier alpha value is -2.67. The number of benzene rings is 1. The highest BCUT2D eigenvalue weighted by molar-refractivity contribution is 6.04. The molecule has 0 saturated carbocycles. The van der Waals surface area contributed by atoms with E-state index in [-0.39, 0.29) is 11.8 Å². The summed E-state index contributed by atoms with van der Waals surface area (Å²) in [5.41, 5.74) is 3.18. The fourth-order valence-corrected chi connectivity index (χ4v) is 3.93. The number of amides is 2. The Kier molecular flexibility index (Phi) is 5.43. The number of rotatable bonds is 4. The van der Waals surface area contributed by atoms with E-state index in [9.17, 15) is 9.59 Å². The molecule has 2 aliphatic rings. The fourth-order valence-electron chi connectivity index (χ4n) is 3.93. The van der Waals surface area contributed by atoms with Crippen molar-refractivity contribution in [3.8, 4) is 0 Å². The average molecular weight is 382 g/mol. The molecule has 2 amide bonds. The summed E-state index contributed by atoms with van der Waals surface area (Å²) in [5, 5.41) is 2.99. The summed E-state index contributed by atoms with van der Waals surface area (Å²) in [4.78, 5) is 32.4. The van der Waals surface area contributed by atoms with Crippen LogP contribution in [0.15, 0.2) is 24.3 Å². The van der Waals surface area contributed by atoms with E-state index in [2.05, 4.69) is 17.2 Å². The maximum atomic E-state index is 13.0. The van der Waals surface area contributed by atoms with E-state index in [1.165, 1.54) is 0 Å². The molecule has 7 nitrogen and oxygen atoms in total. The molecular weight excluding hydrogens is 356 g/mol. The Morgan fingerprint density at radius 2 is 1.93 bits per heavy atom. The van der Waals surface area contributed by atoms with Crippen molar-refractivity contribution >= 4 is 17.5 Å². The number of carbonyl (C=O) groups excluding carboxylic acids is 2. The molecule has 0 unspecified atom stereocenters. The maximum Gasteiger partial charge on any atom is 0.291 e. The lowest BCUT2D eigenvalue weighted by Gasteiger charge is -2.26. The van der Waals surface area contributed by atoms with Gasteiger partial charge in [-0.25, -0.2) is 4.98 Å². The van der Waals surface area contributed by atoms with Crippen molar-refractivity contribution in [2.75, 3.05) is 31.6 Å². The van der Waals surface area contributed by atoms with Gasteiger partial charge in [-0.1, -0.05) is 25.1 Å². The lowest BCUT2D eigenvalue weighted by atomic mass is 10.1. The third kappa shape index (κ3) is 3.54. The molecule has 1 aromatic heterocycles. The van der Waals surface area contributed by atoms with Gasteiger partial charge < -0.3 is 19.5 Å². The van der Waals surface area contributed by atoms with Gasteiger partial charge in [0.2, 0.25) is 0 Å². The van der Waals surface area contributed by atoms with Gasteiger partial charge in [-0.15, -0.1) is 0 Å². The first-order valence-electron chi connectivity index (χ1n) is 10.0. The second kappa shape index (κ2) is 8.14. The number of ether oxygens (including phenoxy) is 1. The molecule has 148 valence electrons. The number of para-hydroxylation sites is 1. The molecular formula is C21H26N4O3. The number of imidazole rings is 1. The van der Waals surface area contributed by atoms with E-state index >= 15 is 0 Å². The van der Waals surface area contributed by atoms with Gasteiger partial charge in [0.05, 0.1) is 18.9 Å². The van der Waals surface area contributed by atoms with Crippen LogP contribution in [-0.4, -0.2) is 52.6 Å².